The zero-order valence-corrected chi connectivity index (χ0v) is 12.0. The quantitative estimate of drug-likeness (QED) is 0.869. The molecule has 0 saturated heterocycles. The van der Waals surface area contributed by atoms with Crippen molar-refractivity contribution in [1.82, 2.24) is 0 Å². The topological polar surface area (TPSA) is 74.6 Å². The van der Waals surface area contributed by atoms with Crippen LogP contribution in [0.2, 0.25) is 10.0 Å². The summed E-state index contributed by atoms with van der Waals surface area (Å²) in [5.74, 6) is -0.166. The molecule has 1 aromatic rings. The molecule has 0 amide bonds. The molecule has 0 bridgehead atoms. The van der Waals surface area contributed by atoms with Gasteiger partial charge in [0, 0.05) is 21.4 Å². The molecule has 0 aliphatic heterocycles. The van der Waals surface area contributed by atoms with Crippen LogP contribution < -0.4 is 0 Å². The fourth-order valence-electron chi connectivity index (χ4n) is 1.57. The SMILES string of the molecule is CCS(=O)(=O)[C@@H](CO)[C@H](O)c1ccc(Cl)cc1Cl. The Labute approximate surface area is 116 Å². The number of rotatable bonds is 5. The summed E-state index contributed by atoms with van der Waals surface area (Å²) in [6, 6.07) is 4.36. The number of benzene rings is 1. The molecule has 0 aliphatic rings. The van der Waals surface area contributed by atoms with E-state index in [-0.39, 0.29) is 16.3 Å². The minimum absolute atomic E-state index is 0.166. The van der Waals surface area contributed by atoms with E-state index >= 15 is 0 Å². The Bertz CT molecular complexity index is 516. The van der Waals surface area contributed by atoms with E-state index in [1.807, 2.05) is 0 Å². The Kier molecular flexibility index (Phi) is 5.43. The first kappa shape index (κ1) is 15.7. The maximum Gasteiger partial charge on any atom is 0.158 e. The molecule has 0 saturated carbocycles. The fraction of sp³-hybridized carbons (Fsp3) is 0.455. The van der Waals surface area contributed by atoms with Crippen molar-refractivity contribution in [2.45, 2.75) is 18.3 Å². The highest BCUT2D eigenvalue weighted by atomic mass is 35.5. The second-order valence-electron chi connectivity index (χ2n) is 3.78. The lowest BCUT2D eigenvalue weighted by Gasteiger charge is -2.21. The van der Waals surface area contributed by atoms with Crippen LogP contribution in [-0.2, 0) is 9.84 Å². The number of aliphatic hydroxyl groups excluding tert-OH is 2. The molecule has 0 unspecified atom stereocenters. The van der Waals surface area contributed by atoms with Gasteiger partial charge in [0.15, 0.2) is 9.84 Å². The van der Waals surface area contributed by atoms with E-state index in [2.05, 4.69) is 0 Å². The van der Waals surface area contributed by atoms with Crippen molar-refractivity contribution in [3.05, 3.63) is 33.8 Å². The average Bonchev–Trinajstić information content (AvgIpc) is 2.29. The summed E-state index contributed by atoms with van der Waals surface area (Å²) in [6.45, 7) is 0.782. The zero-order valence-electron chi connectivity index (χ0n) is 9.68. The van der Waals surface area contributed by atoms with Crippen LogP contribution >= 0.6 is 23.2 Å². The predicted octanol–water partition coefficient (Wildman–Crippen LogP) is 1.82. The van der Waals surface area contributed by atoms with E-state index in [9.17, 15) is 13.5 Å². The van der Waals surface area contributed by atoms with Gasteiger partial charge in [0.25, 0.3) is 0 Å². The standard InChI is InChI=1S/C11H14Cl2O4S/c1-2-18(16,17)10(6-14)11(15)8-4-3-7(12)5-9(8)13/h3-5,10-11,14-15H,2,6H2,1H3/t10-,11+/m0/s1. The van der Waals surface area contributed by atoms with Gasteiger partial charge in [-0.15, -0.1) is 0 Å². The van der Waals surface area contributed by atoms with Crippen molar-refractivity contribution in [2.24, 2.45) is 0 Å². The maximum absolute atomic E-state index is 11.7. The molecule has 0 radical (unpaired) electrons. The third-order valence-electron chi connectivity index (χ3n) is 2.68. The normalized spacial score (nSPS) is 15.4. The highest BCUT2D eigenvalue weighted by Crippen LogP contribution is 2.30. The van der Waals surface area contributed by atoms with Crippen LogP contribution in [0.3, 0.4) is 0 Å². The Morgan fingerprint density at radius 2 is 1.94 bits per heavy atom. The number of sulfone groups is 1. The van der Waals surface area contributed by atoms with Crippen LogP contribution in [0.25, 0.3) is 0 Å². The molecule has 102 valence electrons. The summed E-state index contributed by atoms with van der Waals surface area (Å²) in [5, 5.41) is 18.5. The van der Waals surface area contributed by atoms with Gasteiger partial charge in [0.05, 0.1) is 12.7 Å². The monoisotopic (exact) mass is 312 g/mol. The van der Waals surface area contributed by atoms with E-state index in [0.717, 1.165) is 0 Å². The summed E-state index contributed by atoms with van der Waals surface area (Å²) < 4.78 is 23.5. The van der Waals surface area contributed by atoms with Crippen LogP contribution in [0.5, 0.6) is 0 Å². The third-order valence-corrected chi connectivity index (χ3v) is 5.37. The number of hydrogen-bond donors (Lipinski definition) is 2. The van der Waals surface area contributed by atoms with Gasteiger partial charge in [-0.1, -0.05) is 36.2 Å². The van der Waals surface area contributed by atoms with Gasteiger partial charge in [-0.05, 0) is 12.1 Å². The van der Waals surface area contributed by atoms with Gasteiger partial charge in [-0.3, -0.25) is 0 Å². The Hall–Kier alpha value is -0.330. The molecular formula is C11H14Cl2O4S. The molecule has 4 nitrogen and oxygen atoms in total. The molecule has 18 heavy (non-hydrogen) atoms. The van der Waals surface area contributed by atoms with Crippen LogP contribution in [0, 0.1) is 0 Å². The highest BCUT2D eigenvalue weighted by Gasteiger charge is 2.32. The van der Waals surface area contributed by atoms with Gasteiger partial charge in [-0.2, -0.15) is 0 Å². The predicted molar refractivity (Wildman–Crippen MR) is 71.8 cm³/mol. The van der Waals surface area contributed by atoms with Crippen LogP contribution in [0.4, 0.5) is 0 Å². The average molecular weight is 313 g/mol. The van der Waals surface area contributed by atoms with Crippen molar-refractivity contribution in [2.75, 3.05) is 12.4 Å². The van der Waals surface area contributed by atoms with Gasteiger partial charge in [0.1, 0.15) is 5.25 Å². The molecular weight excluding hydrogens is 299 g/mol. The molecule has 2 N–H and O–H groups in total. The van der Waals surface area contributed by atoms with E-state index in [0.29, 0.717) is 5.02 Å². The van der Waals surface area contributed by atoms with E-state index < -0.39 is 27.8 Å². The highest BCUT2D eigenvalue weighted by molar-refractivity contribution is 7.92. The lowest BCUT2D eigenvalue weighted by molar-refractivity contribution is 0.138. The second-order valence-corrected chi connectivity index (χ2v) is 7.14. The summed E-state index contributed by atoms with van der Waals surface area (Å²) in [4.78, 5) is 0. The smallest absolute Gasteiger partial charge is 0.158 e. The Balaban J connectivity index is 3.15. The van der Waals surface area contributed by atoms with Gasteiger partial charge >= 0.3 is 0 Å². The van der Waals surface area contributed by atoms with Crippen LogP contribution in [0.15, 0.2) is 18.2 Å². The Morgan fingerprint density at radius 3 is 2.39 bits per heavy atom. The van der Waals surface area contributed by atoms with Crippen LogP contribution in [-0.4, -0.2) is 36.2 Å². The number of aliphatic hydroxyl groups is 2. The first-order valence-corrected chi connectivity index (χ1v) is 7.76. The fourth-order valence-corrected chi connectivity index (χ4v) is 3.28. The van der Waals surface area contributed by atoms with E-state index in [1.54, 1.807) is 0 Å². The molecule has 2 atom stereocenters. The summed E-state index contributed by atoms with van der Waals surface area (Å²) in [6.07, 6.45) is -1.38. The molecule has 0 aromatic heterocycles. The second kappa shape index (κ2) is 6.21. The van der Waals surface area contributed by atoms with Crippen molar-refractivity contribution in [1.29, 1.82) is 0 Å². The van der Waals surface area contributed by atoms with Crippen molar-refractivity contribution in [3.8, 4) is 0 Å². The van der Waals surface area contributed by atoms with Gasteiger partial charge < -0.3 is 10.2 Å². The third kappa shape index (κ3) is 3.36. The molecule has 0 spiro atoms. The lowest BCUT2D eigenvalue weighted by Crippen LogP contribution is -2.33. The molecule has 0 heterocycles. The summed E-state index contributed by atoms with van der Waals surface area (Å²) >= 11 is 11.6. The molecule has 1 rings (SSSR count). The van der Waals surface area contributed by atoms with Crippen molar-refractivity contribution >= 4 is 33.0 Å². The van der Waals surface area contributed by atoms with Gasteiger partial charge in [0.2, 0.25) is 0 Å². The van der Waals surface area contributed by atoms with E-state index in [4.69, 9.17) is 28.3 Å². The van der Waals surface area contributed by atoms with Crippen molar-refractivity contribution < 1.29 is 18.6 Å². The Morgan fingerprint density at radius 1 is 1.33 bits per heavy atom. The first-order chi connectivity index (χ1) is 8.33. The zero-order chi connectivity index (χ0) is 13.9. The molecule has 0 aliphatic carbocycles. The molecule has 1 aromatic carbocycles. The van der Waals surface area contributed by atoms with E-state index in [1.165, 1.54) is 25.1 Å². The summed E-state index contributed by atoms with van der Waals surface area (Å²) in [5.41, 5.74) is 0.233. The number of hydrogen-bond acceptors (Lipinski definition) is 4. The van der Waals surface area contributed by atoms with Gasteiger partial charge in [-0.25, -0.2) is 8.42 Å². The largest absolute Gasteiger partial charge is 0.395 e. The van der Waals surface area contributed by atoms with Crippen molar-refractivity contribution in [3.63, 3.8) is 0 Å². The lowest BCUT2D eigenvalue weighted by atomic mass is 10.1. The molecule has 0 fully saturated rings. The first-order valence-electron chi connectivity index (χ1n) is 5.29. The number of halogens is 2. The minimum Gasteiger partial charge on any atom is -0.395 e. The summed E-state index contributed by atoms with van der Waals surface area (Å²) in [7, 11) is -3.58. The molecule has 7 heteroatoms. The van der Waals surface area contributed by atoms with Crippen LogP contribution in [0.1, 0.15) is 18.6 Å². The maximum atomic E-state index is 11.7. The minimum atomic E-state index is -3.58.